The van der Waals surface area contributed by atoms with Crippen molar-refractivity contribution < 1.29 is 13.9 Å². The van der Waals surface area contributed by atoms with Crippen molar-refractivity contribution in [3.8, 4) is 0 Å². The molecule has 1 saturated heterocycles. The second kappa shape index (κ2) is 5.44. The van der Waals surface area contributed by atoms with E-state index in [1.165, 1.54) is 6.20 Å². The molecule has 20 heavy (non-hydrogen) atoms. The van der Waals surface area contributed by atoms with Gasteiger partial charge in [0, 0.05) is 18.7 Å². The predicted octanol–water partition coefficient (Wildman–Crippen LogP) is 1.65. The van der Waals surface area contributed by atoms with E-state index in [4.69, 9.17) is 4.74 Å². The van der Waals surface area contributed by atoms with Gasteiger partial charge in [-0.2, -0.15) is 4.39 Å². The topological polar surface area (TPSA) is 64.1 Å². The fourth-order valence-electron chi connectivity index (χ4n) is 2.60. The van der Waals surface area contributed by atoms with E-state index in [2.05, 4.69) is 15.3 Å². The van der Waals surface area contributed by atoms with Gasteiger partial charge in [-0.05, 0) is 33.8 Å². The van der Waals surface area contributed by atoms with Crippen LogP contribution in [0.4, 0.5) is 4.39 Å². The molecule has 0 bridgehead atoms. The fraction of sp³-hybridized carbons (Fsp3) is 0.643. The third kappa shape index (κ3) is 3.30. The van der Waals surface area contributed by atoms with Gasteiger partial charge in [-0.1, -0.05) is 0 Å². The monoisotopic (exact) mass is 281 g/mol. The van der Waals surface area contributed by atoms with Crippen LogP contribution in [0.15, 0.2) is 12.3 Å². The van der Waals surface area contributed by atoms with Crippen LogP contribution in [0, 0.1) is 12.0 Å². The largest absolute Gasteiger partial charge is 0.373 e. The Bertz CT molecular complexity index is 501. The quantitative estimate of drug-likeness (QED) is 0.856. The lowest BCUT2D eigenvalue weighted by atomic mass is 9.88. The summed E-state index contributed by atoms with van der Waals surface area (Å²) in [5.74, 6) is -0.710. The van der Waals surface area contributed by atoms with Crippen molar-refractivity contribution in [3.63, 3.8) is 0 Å². The SMILES string of the molecule is C[C@H](OC(C)(C)C)C1CNC(=O)[C@H]1c1ccnc(F)n1. The van der Waals surface area contributed by atoms with Crippen LogP contribution >= 0.6 is 0 Å². The molecule has 0 saturated carbocycles. The Labute approximate surface area is 118 Å². The molecule has 6 heteroatoms. The molecule has 1 N–H and O–H groups in total. The maximum Gasteiger partial charge on any atom is 0.308 e. The molecule has 1 aliphatic rings. The van der Waals surface area contributed by atoms with Crippen molar-refractivity contribution in [3.05, 3.63) is 24.0 Å². The van der Waals surface area contributed by atoms with Crippen LogP contribution < -0.4 is 5.32 Å². The van der Waals surface area contributed by atoms with Crippen LogP contribution in [0.25, 0.3) is 0 Å². The van der Waals surface area contributed by atoms with Gasteiger partial charge in [0.2, 0.25) is 5.91 Å². The molecular formula is C14H20FN3O2. The number of nitrogens with one attached hydrogen (secondary N) is 1. The highest BCUT2D eigenvalue weighted by Crippen LogP contribution is 2.33. The average molecular weight is 281 g/mol. The molecule has 1 fully saturated rings. The molecule has 2 heterocycles. The summed E-state index contributed by atoms with van der Waals surface area (Å²) in [6.45, 7) is 8.33. The Morgan fingerprint density at radius 2 is 2.20 bits per heavy atom. The van der Waals surface area contributed by atoms with E-state index in [-0.39, 0.29) is 23.5 Å². The van der Waals surface area contributed by atoms with Crippen LogP contribution in [0.5, 0.6) is 0 Å². The molecule has 110 valence electrons. The fourth-order valence-corrected chi connectivity index (χ4v) is 2.60. The maximum atomic E-state index is 13.2. The van der Waals surface area contributed by atoms with Gasteiger partial charge in [-0.15, -0.1) is 0 Å². The Morgan fingerprint density at radius 3 is 2.80 bits per heavy atom. The zero-order valence-corrected chi connectivity index (χ0v) is 12.2. The number of nitrogens with zero attached hydrogens (tertiary/aromatic N) is 2. The molecular weight excluding hydrogens is 261 g/mol. The highest BCUT2D eigenvalue weighted by Gasteiger charge is 2.41. The van der Waals surface area contributed by atoms with E-state index in [1.807, 2.05) is 27.7 Å². The second-order valence-electron chi connectivity index (χ2n) is 6.07. The van der Waals surface area contributed by atoms with E-state index in [0.29, 0.717) is 12.2 Å². The van der Waals surface area contributed by atoms with Gasteiger partial charge in [0.15, 0.2) is 0 Å². The van der Waals surface area contributed by atoms with Crippen LogP contribution in [0.3, 0.4) is 0 Å². The second-order valence-corrected chi connectivity index (χ2v) is 6.07. The molecule has 5 nitrogen and oxygen atoms in total. The Balaban J connectivity index is 2.23. The van der Waals surface area contributed by atoms with E-state index in [9.17, 15) is 9.18 Å². The van der Waals surface area contributed by atoms with E-state index >= 15 is 0 Å². The van der Waals surface area contributed by atoms with Gasteiger partial charge in [-0.3, -0.25) is 4.79 Å². The van der Waals surface area contributed by atoms with Crippen molar-refractivity contribution in [2.24, 2.45) is 5.92 Å². The minimum Gasteiger partial charge on any atom is -0.373 e. The number of hydrogen-bond acceptors (Lipinski definition) is 4. The number of halogens is 1. The minimum absolute atomic E-state index is 0.0731. The van der Waals surface area contributed by atoms with Gasteiger partial charge in [0.1, 0.15) is 0 Å². The predicted molar refractivity (Wildman–Crippen MR) is 71.5 cm³/mol. The maximum absolute atomic E-state index is 13.2. The molecule has 1 amide bonds. The number of carbonyl (C=O) groups is 1. The van der Waals surface area contributed by atoms with Gasteiger partial charge < -0.3 is 10.1 Å². The summed E-state index contributed by atoms with van der Waals surface area (Å²) in [7, 11) is 0. The van der Waals surface area contributed by atoms with Crippen molar-refractivity contribution in [2.75, 3.05) is 6.54 Å². The van der Waals surface area contributed by atoms with Gasteiger partial charge in [-0.25, -0.2) is 9.97 Å². The summed E-state index contributed by atoms with van der Waals surface area (Å²) in [6.07, 6.45) is 0.373. The number of rotatable bonds is 3. The first-order chi connectivity index (χ1) is 9.28. The first-order valence-electron chi connectivity index (χ1n) is 6.72. The van der Waals surface area contributed by atoms with E-state index < -0.39 is 12.0 Å². The molecule has 1 aliphatic heterocycles. The lowest BCUT2D eigenvalue weighted by Crippen LogP contribution is -2.34. The van der Waals surface area contributed by atoms with Crippen LogP contribution in [-0.4, -0.2) is 34.1 Å². The van der Waals surface area contributed by atoms with Crippen molar-refractivity contribution in [1.82, 2.24) is 15.3 Å². The number of carbonyl (C=O) groups excluding carboxylic acids is 1. The molecule has 0 aromatic carbocycles. The Morgan fingerprint density at radius 1 is 1.50 bits per heavy atom. The summed E-state index contributed by atoms with van der Waals surface area (Å²) < 4.78 is 19.1. The first kappa shape index (κ1) is 14.8. The molecule has 1 aromatic heterocycles. The van der Waals surface area contributed by atoms with Gasteiger partial charge in [0.05, 0.1) is 23.3 Å². The average Bonchev–Trinajstić information content (AvgIpc) is 2.69. The summed E-state index contributed by atoms with van der Waals surface area (Å²) >= 11 is 0. The molecule has 2 rings (SSSR count). The highest BCUT2D eigenvalue weighted by molar-refractivity contribution is 5.85. The van der Waals surface area contributed by atoms with Crippen LogP contribution in [0.1, 0.15) is 39.3 Å². The molecule has 3 atom stereocenters. The number of hydrogen-bond donors (Lipinski definition) is 1. The number of aromatic nitrogens is 2. The van der Waals surface area contributed by atoms with Crippen molar-refractivity contribution in [1.29, 1.82) is 0 Å². The zero-order valence-electron chi connectivity index (χ0n) is 12.2. The summed E-state index contributed by atoms with van der Waals surface area (Å²) in [4.78, 5) is 19.2. The van der Waals surface area contributed by atoms with Crippen molar-refractivity contribution in [2.45, 2.75) is 45.3 Å². The summed E-state index contributed by atoms with van der Waals surface area (Å²) in [6, 6.07) is 1.58. The lowest BCUT2D eigenvalue weighted by molar-refractivity contribution is -0.122. The normalized spacial score (nSPS) is 24.6. The summed E-state index contributed by atoms with van der Waals surface area (Å²) in [5.41, 5.74) is 0.105. The smallest absolute Gasteiger partial charge is 0.308 e. The summed E-state index contributed by atoms with van der Waals surface area (Å²) in [5, 5.41) is 2.80. The van der Waals surface area contributed by atoms with Crippen LogP contribution in [-0.2, 0) is 9.53 Å². The Kier molecular flexibility index (Phi) is 4.04. The minimum atomic E-state index is -0.814. The van der Waals surface area contributed by atoms with Gasteiger partial charge >= 0.3 is 6.08 Å². The number of ether oxygens (including phenoxy) is 1. The van der Waals surface area contributed by atoms with E-state index in [1.54, 1.807) is 6.07 Å². The third-order valence-electron chi connectivity index (χ3n) is 3.33. The Hall–Kier alpha value is -1.56. The molecule has 0 radical (unpaired) electrons. The van der Waals surface area contributed by atoms with Crippen LogP contribution in [0.2, 0.25) is 0 Å². The van der Waals surface area contributed by atoms with Crippen molar-refractivity contribution >= 4 is 5.91 Å². The molecule has 1 aromatic rings. The molecule has 1 unspecified atom stereocenters. The molecule has 0 spiro atoms. The standard InChI is InChI=1S/C14H20FN3O2/c1-8(20-14(2,3)4)9-7-17-12(19)11(9)10-5-6-16-13(15)18-10/h5-6,8-9,11H,7H2,1-4H3,(H,17,19)/t8-,9?,11+/m0/s1. The third-order valence-corrected chi connectivity index (χ3v) is 3.33. The molecule has 0 aliphatic carbocycles. The number of amides is 1. The highest BCUT2D eigenvalue weighted by atomic mass is 19.1. The van der Waals surface area contributed by atoms with E-state index in [0.717, 1.165) is 0 Å². The zero-order chi connectivity index (χ0) is 14.9. The first-order valence-corrected chi connectivity index (χ1v) is 6.72. The lowest BCUT2D eigenvalue weighted by Gasteiger charge is -2.30. The van der Waals surface area contributed by atoms with Gasteiger partial charge in [0.25, 0.3) is 0 Å².